The fourth-order valence-corrected chi connectivity index (χ4v) is 6.91. The molecule has 0 aromatic heterocycles. The van der Waals surface area contributed by atoms with Crippen molar-refractivity contribution in [2.75, 3.05) is 0 Å². The van der Waals surface area contributed by atoms with Crippen molar-refractivity contribution in [3.8, 4) is 0 Å². The molecule has 0 atom stereocenters. The number of hydrogen-bond donors (Lipinski definition) is 2. The van der Waals surface area contributed by atoms with E-state index in [1.54, 1.807) is 8.87 Å². The molecule has 0 heterocycles. The fourth-order valence-electron chi connectivity index (χ4n) is 1.03. The molecule has 0 aromatic carbocycles. The maximum absolute atomic E-state index is 9.00. The number of aliphatic carboxylic acids is 2. The zero-order valence-electron chi connectivity index (χ0n) is 11.7. The molecular weight excluding hydrogens is 327 g/mol. The van der Waals surface area contributed by atoms with Gasteiger partial charge in [0.05, 0.1) is 0 Å². The van der Waals surface area contributed by atoms with Crippen LogP contribution in [0.5, 0.6) is 0 Å². The zero-order chi connectivity index (χ0) is 14.1. The molecule has 5 heteroatoms. The van der Waals surface area contributed by atoms with E-state index in [9.17, 15) is 0 Å². The van der Waals surface area contributed by atoms with Crippen LogP contribution in [0, 0.1) is 0 Å². The molecule has 0 aliphatic heterocycles. The molecule has 0 aromatic rings. The monoisotopic (exact) mass is 356 g/mol. The van der Waals surface area contributed by atoms with Crippen LogP contribution in [0.2, 0.25) is 8.87 Å². The van der Waals surface area contributed by atoms with Crippen LogP contribution < -0.4 is 0 Å². The first-order valence-electron chi connectivity index (χ1n) is 6.27. The van der Waals surface area contributed by atoms with E-state index in [1.165, 1.54) is 25.7 Å². The molecule has 0 unspecified atom stereocenters. The van der Waals surface area contributed by atoms with Crippen LogP contribution in [0.1, 0.15) is 53.4 Å². The van der Waals surface area contributed by atoms with Crippen LogP contribution >= 0.6 is 0 Å². The summed E-state index contributed by atoms with van der Waals surface area (Å²) in [5.41, 5.74) is 0. The van der Waals surface area contributed by atoms with Crippen LogP contribution in [-0.2, 0) is 9.59 Å². The van der Waals surface area contributed by atoms with Crippen LogP contribution in [0.15, 0.2) is 0 Å². The molecule has 0 saturated heterocycles. The van der Waals surface area contributed by atoms with Gasteiger partial charge in [-0.3, -0.25) is 9.59 Å². The molecular formula is C12H28O4Sn. The molecule has 0 aliphatic carbocycles. The summed E-state index contributed by atoms with van der Waals surface area (Å²) < 4.78 is 3.33. The van der Waals surface area contributed by atoms with Gasteiger partial charge in [-0.05, 0) is 0 Å². The van der Waals surface area contributed by atoms with E-state index in [4.69, 9.17) is 19.8 Å². The molecule has 2 N–H and O–H groups in total. The van der Waals surface area contributed by atoms with Gasteiger partial charge in [0.15, 0.2) is 0 Å². The molecule has 0 aliphatic rings. The Balaban J connectivity index is -0.000000205. The number of rotatable bonds is 6. The molecule has 0 radical (unpaired) electrons. The van der Waals surface area contributed by atoms with E-state index >= 15 is 0 Å². The van der Waals surface area contributed by atoms with Crippen molar-refractivity contribution in [2.24, 2.45) is 0 Å². The van der Waals surface area contributed by atoms with E-state index in [0.717, 1.165) is 13.8 Å². The van der Waals surface area contributed by atoms with Crippen LogP contribution in [0.25, 0.3) is 0 Å². The zero-order valence-corrected chi connectivity index (χ0v) is 15.7. The Labute approximate surface area is 115 Å². The summed E-state index contributed by atoms with van der Waals surface area (Å²) in [5, 5.41) is 14.8. The van der Waals surface area contributed by atoms with Crippen LogP contribution in [0.3, 0.4) is 0 Å². The van der Waals surface area contributed by atoms with Gasteiger partial charge < -0.3 is 10.2 Å². The van der Waals surface area contributed by atoms with E-state index in [2.05, 4.69) is 13.8 Å². The molecule has 0 amide bonds. The average molecular weight is 355 g/mol. The fraction of sp³-hybridized carbons (Fsp3) is 0.833. The molecule has 0 saturated carbocycles. The standard InChI is InChI=1S/2C4H9.2C2H4O2.Sn.2H/c2*1-3-4-2;2*1-2(3)4;;;/h2*1,3-4H2,2H3;2*1H3,(H,3,4);;;. The van der Waals surface area contributed by atoms with Crippen molar-refractivity contribution in [3.63, 3.8) is 0 Å². The molecule has 0 spiro atoms. The van der Waals surface area contributed by atoms with E-state index in [0.29, 0.717) is 0 Å². The van der Waals surface area contributed by atoms with Gasteiger partial charge in [-0.15, -0.1) is 0 Å². The normalized spacial score (nSPS) is 8.24. The van der Waals surface area contributed by atoms with Crippen molar-refractivity contribution in [3.05, 3.63) is 0 Å². The Hall–Kier alpha value is -0.261. The Morgan fingerprint density at radius 3 is 1.29 bits per heavy atom. The summed E-state index contributed by atoms with van der Waals surface area (Å²) in [6, 6.07) is 0. The second-order valence-corrected chi connectivity index (χ2v) is 9.86. The quantitative estimate of drug-likeness (QED) is 0.568. The maximum atomic E-state index is 9.00. The van der Waals surface area contributed by atoms with Crippen LogP contribution in [0.4, 0.5) is 0 Å². The predicted octanol–water partition coefficient (Wildman–Crippen LogP) is 2.77. The van der Waals surface area contributed by atoms with Gasteiger partial charge in [-0.25, -0.2) is 0 Å². The van der Waals surface area contributed by atoms with Crippen molar-refractivity contribution < 1.29 is 19.8 Å². The summed E-state index contributed by atoms with van der Waals surface area (Å²) in [5.74, 6) is -1.67. The van der Waals surface area contributed by atoms with Crippen molar-refractivity contribution in [1.29, 1.82) is 0 Å². The van der Waals surface area contributed by atoms with Gasteiger partial charge in [0.25, 0.3) is 11.9 Å². The minimum atomic E-state index is -0.833. The second kappa shape index (κ2) is 21.1. The number of hydrogen-bond acceptors (Lipinski definition) is 2. The Morgan fingerprint density at radius 2 is 1.12 bits per heavy atom. The first-order chi connectivity index (χ1) is 7.88. The van der Waals surface area contributed by atoms with Crippen molar-refractivity contribution in [1.82, 2.24) is 0 Å². The minimum absolute atomic E-state index is 0.159. The first-order valence-corrected chi connectivity index (χ1v) is 12.0. The second-order valence-electron chi connectivity index (χ2n) is 3.81. The topological polar surface area (TPSA) is 74.6 Å². The Bertz CT molecular complexity index is 146. The molecule has 4 nitrogen and oxygen atoms in total. The molecule has 0 fully saturated rings. The third-order valence-electron chi connectivity index (χ3n) is 1.71. The Morgan fingerprint density at radius 1 is 0.882 bits per heavy atom. The molecule has 104 valence electrons. The Kier molecular flexibility index (Phi) is 27.2. The van der Waals surface area contributed by atoms with Gasteiger partial charge in [0, 0.05) is 13.8 Å². The van der Waals surface area contributed by atoms with Gasteiger partial charge in [-0.2, -0.15) is 0 Å². The van der Waals surface area contributed by atoms with Crippen molar-refractivity contribution in [2.45, 2.75) is 62.3 Å². The predicted molar refractivity (Wildman–Crippen MR) is 74.6 cm³/mol. The molecule has 0 rings (SSSR count). The number of carboxylic acids is 2. The van der Waals surface area contributed by atoms with Gasteiger partial charge in [0.1, 0.15) is 0 Å². The van der Waals surface area contributed by atoms with E-state index < -0.39 is 11.9 Å². The number of unbranched alkanes of at least 4 members (excludes halogenated alkanes) is 2. The summed E-state index contributed by atoms with van der Waals surface area (Å²) in [6.45, 7) is 6.76. The number of carbonyl (C=O) groups is 2. The van der Waals surface area contributed by atoms with Crippen molar-refractivity contribution >= 4 is 33.1 Å². The van der Waals surface area contributed by atoms with Gasteiger partial charge >= 0.3 is 69.5 Å². The third-order valence-corrected chi connectivity index (χ3v) is 7.42. The molecule has 0 bridgehead atoms. The average Bonchev–Trinajstić information content (AvgIpc) is 2.16. The van der Waals surface area contributed by atoms with E-state index in [-0.39, 0.29) is 21.1 Å². The summed E-state index contributed by atoms with van der Waals surface area (Å²) in [6.07, 6.45) is 5.89. The van der Waals surface area contributed by atoms with Gasteiger partial charge in [-0.1, -0.05) is 0 Å². The molecule has 17 heavy (non-hydrogen) atoms. The number of carboxylic acid groups (broad SMARTS) is 2. The van der Waals surface area contributed by atoms with E-state index in [1.807, 2.05) is 0 Å². The summed E-state index contributed by atoms with van der Waals surface area (Å²) in [4.78, 5) is 18.0. The first kappa shape index (κ1) is 22.0. The van der Waals surface area contributed by atoms with Gasteiger partial charge in [0.2, 0.25) is 0 Å². The SMILES string of the molecule is CC(=O)O.CC(=O)O.CCC[CH2][SnH2][CH2]CCC. The summed E-state index contributed by atoms with van der Waals surface area (Å²) in [7, 11) is 0. The summed E-state index contributed by atoms with van der Waals surface area (Å²) >= 11 is -0.159. The third kappa shape index (κ3) is 90.2. The van der Waals surface area contributed by atoms with Crippen LogP contribution in [-0.4, -0.2) is 43.3 Å².